The molecule has 0 aliphatic heterocycles. The van der Waals surface area contributed by atoms with Gasteiger partial charge in [-0.1, -0.05) is 20.8 Å². The van der Waals surface area contributed by atoms with Crippen LogP contribution < -0.4 is 5.32 Å². The number of aromatic nitrogens is 2. The molecule has 1 saturated carbocycles. The van der Waals surface area contributed by atoms with Gasteiger partial charge in [-0.05, 0) is 26.0 Å². The molecule has 5 nitrogen and oxygen atoms in total. The first-order valence-electron chi connectivity index (χ1n) is 6.92. The summed E-state index contributed by atoms with van der Waals surface area (Å²) in [6.07, 6.45) is 2.58. The highest BCUT2D eigenvalue weighted by Gasteiger charge is 2.25. The van der Waals surface area contributed by atoms with E-state index in [1.165, 1.54) is 12.8 Å². The molecule has 106 valence electrons. The summed E-state index contributed by atoms with van der Waals surface area (Å²) in [4.78, 5) is 14.2. The number of rotatable bonds is 5. The van der Waals surface area contributed by atoms with E-state index >= 15 is 0 Å². The Morgan fingerprint density at radius 1 is 1.53 bits per heavy atom. The summed E-state index contributed by atoms with van der Waals surface area (Å²) in [7, 11) is 2.11. The maximum absolute atomic E-state index is 11.9. The molecule has 2 rings (SSSR count). The van der Waals surface area contributed by atoms with Gasteiger partial charge in [0.25, 0.3) is 5.91 Å². The van der Waals surface area contributed by atoms with Crippen LogP contribution in [0.3, 0.4) is 0 Å². The van der Waals surface area contributed by atoms with Crippen LogP contribution in [0, 0.1) is 0 Å². The first kappa shape index (κ1) is 14.1. The molecule has 0 bridgehead atoms. The summed E-state index contributed by atoms with van der Waals surface area (Å²) in [5.41, 5.74) is 1.43. The Morgan fingerprint density at radius 2 is 2.21 bits per heavy atom. The zero-order valence-electron chi connectivity index (χ0n) is 12.3. The van der Waals surface area contributed by atoms with Gasteiger partial charge in [-0.25, -0.2) is 0 Å². The quantitative estimate of drug-likeness (QED) is 0.848. The number of nitrogens with one attached hydrogen (secondary N) is 2. The average Bonchev–Trinajstić information content (AvgIpc) is 3.04. The van der Waals surface area contributed by atoms with Crippen LogP contribution >= 0.6 is 0 Å². The molecule has 0 atom stereocenters. The van der Waals surface area contributed by atoms with E-state index in [4.69, 9.17) is 0 Å². The van der Waals surface area contributed by atoms with Crippen molar-refractivity contribution >= 4 is 5.91 Å². The summed E-state index contributed by atoms with van der Waals surface area (Å²) in [6.45, 7) is 7.84. The van der Waals surface area contributed by atoms with E-state index in [1.54, 1.807) is 0 Å². The number of carbonyl (C=O) groups excluding carboxylic acids is 1. The van der Waals surface area contributed by atoms with Crippen LogP contribution in [-0.4, -0.2) is 47.2 Å². The van der Waals surface area contributed by atoms with Crippen LogP contribution in [-0.2, 0) is 5.41 Å². The molecule has 1 amide bonds. The van der Waals surface area contributed by atoms with Gasteiger partial charge >= 0.3 is 0 Å². The van der Waals surface area contributed by atoms with Gasteiger partial charge in [-0.15, -0.1) is 0 Å². The third-order valence-corrected chi connectivity index (χ3v) is 3.54. The molecule has 2 N–H and O–H groups in total. The number of likely N-dealkylation sites (N-methyl/N-ethyl adjacent to an activating group) is 1. The zero-order chi connectivity index (χ0) is 14.0. The lowest BCUT2D eigenvalue weighted by atomic mass is 9.92. The molecule has 1 aliphatic rings. The van der Waals surface area contributed by atoms with Crippen molar-refractivity contribution in [3.05, 3.63) is 17.5 Å². The molecule has 19 heavy (non-hydrogen) atoms. The molecule has 1 heterocycles. The van der Waals surface area contributed by atoms with E-state index in [2.05, 4.69) is 48.2 Å². The molecule has 0 saturated heterocycles. The lowest BCUT2D eigenvalue weighted by Crippen LogP contribution is -2.34. The molecule has 0 spiro atoms. The zero-order valence-corrected chi connectivity index (χ0v) is 12.3. The highest BCUT2D eigenvalue weighted by Crippen LogP contribution is 2.24. The first-order chi connectivity index (χ1) is 8.88. The minimum Gasteiger partial charge on any atom is -0.349 e. The minimum atomic E-state index is -0.101. The molecule has 1 aliphatic carbocycles. The predicted molar refractivity (Wildman–Crippen MR) is 75.3 cm³/mol. The van der Waals surface area contributed by atoms with Gasteiger partial charge < -0.3 is 10.2 Å². The summed E-state index contributed by atoms with van der Waals surface area (Å²) >= 11 is 0. The second-order valence-corrected chi connectivity index (χ2v) is 6.38. The molecule has 1 fully saturated rings. The van der Waals surface area contributed by atoms with Gasteiger partial charge in [-0.2, -0.15) is 5.10 Å². The highest BCUT2D eigenvalue weighted by atomic mass is 16.1. The summed E-state index contributed by atoms with van der Waals surface area (Å²) < 4.78 is 0. The average molecular weight is 264 g/mol. The predicted octanol–water partition coefficient (Wildman–Crippen LogP) is 1.53. The second-order valence-electron chi connectivity index (χ2n) is 6.38. The molecule has 1 aromatic heterocycles. The summed E-state index contributed by atoms with van der Waals surface area (Å²) in [5.74, 6) is -0.101. The van der Waals surface area contributed by atoms with Crippen LogP contribution in [0.1, 0.15) is 49.8 Å². The number of amides is 1. The molecule has 0 unspecified atom stereocenters. The molecular weight excluding hydrogens is 240 g/mol. The number of nitrogens with zero attached hydrogens (tertiary/aromatic N) is 2. The van der Waals surface area contributed by atoms with Crippen molar-refractivity contribution in [1.82, 2.24) is 20.4 Å². The summed E-state index contributed by atoms with van der Waals surface area (Å²) in [5, 5.41) is 9.92. The molecule has 0 radical (unpaired) electrons. The monoisotopic (exact) mass is 264 g/mol. The fourth-order valence-corrected chi connectivity index (χ4v) is 1.96. The SMILES string of the molecule is CN(CCNC(=O)c1cc(C(C)(C)C)[nH]n1)C1CC1. The lowest BCUT2D eigenvalue weighted by molar-refractivity contribution is 0.0944. The van der Waals surface area contributed by atoms with Crippen LogP contribution in [0.5, 0.6) is 0 Å². The molecule has 5 heteroatoms. The van der Waals surface area contributed by atoms with E-state index in [0.29, 0.717) is 12.2 Å². The smallest absolute Gasteiger partial charge is 0.271 e. The van der Waals surface area contributed by atoms with E-state index in [9.17, 15) is 4.79 Å². The van der Waals surface area contributed by atoms with Gasteiger partial charge in [0, 0.05) is 30.2 Å². The van der Waals surface area contributed by atoms with Gasteiger partial charge in [-0.3, -0.25) is 9.89 Å². The largest absolute Gasteiger partial charge is 0.349 e. The van der Waals surface area contributed by atoms with Crippen molar-refractivity contribution in [2.75, 3.05) is 20.1 Å². The number of H-pyrrole nitrogens is 1. The van der Waals surface area contributed by atoms with Crippen molar-refractivity contribution in [3.63, 3.8) is 0 Å². The van der Waals surface area contributed by atoms with Crippen LogP contribution in [0.15, 0.2) is 6.07 Å². The highest BCUT2D eigenvalue weighted by molar-refractivity contribution is 5.92. The number of carbonyl (C=O) groups is 1. The second kappa shape index (κ2) is 5.33. The number of hydrogen-bond donors (Lipinski definition) is 2. The topological polar surface area (TPSA) is 61.0 Å². The van der Waals surface area contributed by atoms with Crippen LogP contribution in [0.2, 0.25) is 0 Å². The Balaban J connectivity index is 1.80. The van der Waals surface area contributed by atoms with Crippen molar-refractivity contribution < 1.29 is 4.79 Å². The van der Waals surface area contributed by atoms with E-state index in [1.807, 2.05) is 6.07 Å². The Kier molecular flexibility index (Phi) is 3.94. The first-order valence-corrected chi connectivity index (χ1v) is 6.92. The Bertz CT molecular complexity index is 443. The third kappa shape index (κ3) is 3.80. The van der Waals surface area contributed by atoms with Crippen molar-refractivity contribution in [2.45, 2.75) is 45.1 Å². The number of hydrogen-bond acceptors (Lipinski definition) is 3. The molecule has 1 aromatic rings. The Labute approximate surface area is 114 Å². The molecular formula is C14H24N4O. The van der Waals surface area contributed by atoms with Crippen molar-refractivity contribution in [1.29, 1.82) is 0 Å². The minimum absolute atomic E-state index is 0.0161. The fraction of sp³-hybridized carbons (Fsp3) is 0.714. The summed E-state index contributed by atoms with van der Waals surface area (Å²) in [6, 6.07) is 2.56. The van der Waals surface area contributed by atoms with Crippen molar-refractivity contribution in [3.8, 4) is 0 Å². The van der Waals surface area contributed by atoms with Gasteiger partial charge in [0.2, 0.25) is 0 Å². The maximum Gasteiger partial charge on any atom is 0.271 e. The van der Waals surface area contributed by atoms with E-state index in [0.717, 1.165) is 18.3 Å². The van der Waals surface area contributed by atoms with E-state index in [-0.39, 0.29) is 11.3 Å². The number of aromatic amines is 1. The lowest BCUT2D eigenvalue weighted by Gasteiger charge is -2.15. The van der Waals surface area contributed by atoms with Gasteiger partial charge in [0.1, 0.15) is 5.69 Å². The van der Waals surface area contributed by atoms with Crippen LogP contribution in [0.4, 0.5) is 0 Å². The van der Waals surface area contributed by atoms with Gasteiger partial charge in [0.15, 0.2) is 0 Å². The Morgan fingerprint density at radius 3 is 2.74 bits per heavy atom. The van der Waals surface area contributed by atoms with E-state index < -0.39 is 0 Å². The Hall–Kier alpha value is -1.36. The molecule has 0 aromatic carbocycles. The standard InChI is InChI=1S/C14H24N4O/c1-14(2,3)12-9-11(16-17-12)13(19)15-7-8-18(4)10-5-6-10/h9-10H,5-8H2,1-4H3,(H,15,19)(H,16,17). The van der Waals surface area contributed by atoms with Crippen molar-refractivity contribution in [2.24, 2.45) is 0 Å². The maximum atomic E-state index is 11.9. The van der Waals surface area contributed by atoms with Gasteiger partial charge in [0.05, 0.1) is 0 Å². The normalized spacial score (nSPS) is 15.8. The van der Waals surface area contributed by atoms with Crippen LogP contribution in [0.25, 0.3) is 0 Å². The fourth-order valence-electron chi connectivity index (χ4n) is 1.96. The third-order valence-electron chi connectivity index (χ3n) is 3.54.